The zero-order valence-corrected chi connectivity index (χ0v) is 18.7. The van der Waals surface area contributed by atoms with E-state index in [2.05, 4.69) is 13.9 Å². The molecule has 0 unspecified atom stereocenters. The Morgan fingerprint density at radius 1 is 0.821 bits per heavy atom. The van der Waals surface area contributed by atoms with E-state index >= 15 is 0 Å². The van der Waals surface area contributed by atoms with Gasteiger partial charge in [0.05, 0.1) is 0 Å². The minimum atomic E-state index is -4.65. The molecule has 0 aromatic heterocycles. The molecule has 3 aromatic rings. The molecule has 2 aliphatic heterocycles. The number of hydrogen-bond donors (Lipinski definition) is 0. The molecule has 2 heterocycles. The molecular weight excluding hydrogens is 492 g/mol. The quantitative estimate of drug-likeness (QED) is 0.446. The van der Waals surface area contributed by atoms with Crippen molar-refractivity contribution in [3.63, 3.8) is 0 Å². The van der Waals surface area contributed by atoms with E-state index in [0.29, 0.717) is 8.70 Å². The van der Waals surface area contributed by atoms with Crippen LogP contribution in [-0.2, 0) is 9.33 Å². The van der Waals surface area contributed by atoms with Gasteiger partial charge in [-0.05, 0) is 0 Å². The summed E-state index contributed by atoms with van der Waals surface area (Å²) in [6, 6.07) is 19.6. The van der Waals surface area contributed by atoms with Gasteiger partial charge in [0, 0.05) is 0 Å². The fourth-order valence-electron chi connectivity index (χ4n) is 4.84. The van der Waals surface area contributed by atoms with Gasteiger partial charge in [-0.3, -0.25) is 0 Å². The Bertz CT molecular complexity index is 1090. The number of halogens is 4. The molecule has 5 rings (SSSR count). The summed E-state index contributed by atoms with van der Waals surface area (Å²) in [6.07, 6.45) is -4.58. The Morgan fingerprint density at radius 3 is 1.75 bits per heavy atom. The SMILES string of the molecule is Cc1cc(C)cc([As]23(Br)OC(C(F)(F)F)(c4ccccc42)c2ccccc23)c1. The molecule has 28 heavy (non-hydrogen) atoms. The van der Waals surface area contributed by atoms with Gasteiger partial charge < -0.3 is 0 Å². The van der Waals surface area contributed by atoms with Crippen molar-refractivity contribution in [2.24, 2.45) is 0 Å². The molecule has 0 atom stereocenters. The van der Waals surface area contributed by atoms with Gasteiger partial charge in [0.25, 0.3) is 0 Å². The first kappa shape index (κ1) is 18.5. The molecule has 0 radical (unpaired) electrons. The monoisotopic (exact) mass is 508 g/mol. The number of alkyl halides is 3. The molecule has 3 aromatic carbocycles. The molecule has 144 valence electrons. The van der Waals surface area contributed by atoms with Gasteiger partial charge in [-0.15, -0.1) is 0 Å². The summed E-state index contributed by atoms with van der Waals surface area (Å²) in [5.41, 5.74) is -0.0120. The van der Waals surface area contributed by atoms with E-state index in [-0.39, 0.29) is 11.1 Å². The van der Waals surface area contributed by atoms with Gasteiger partial charge in [-0.2, -0.15) is 0 Å². The van der Waals surface area contributed by atoms with Crippen molar-refractivity contribution in [1.29, 1.82) is 0 Å². The Labute approximate surface area is 169 Å². The number of fused-ring (bicyclic) bond motifs is 8. The van der Waals surface area contributed by atoms with Crippen LogP contribution in [0.1, 0.15) is 22.3 Å². The van der Waals surface area contributed by atoms with Crippen molar-refractivity contribution in [3.05, 3.63) is 89.0 Å². The molecule has 0 amide bonds. The van der Waals surface area contributed by atoms with Crippen LogP contribution < -0.4 is 13.1 Å². The van der Waals surface area contributed by atoms with Crippen LogP contribution in [0.15, 0.2) is 66.7 Å². The Hall–Kier alpha value is -1.55. The molecule has 0 N–H and O–H groups in total. The van der Waals surface area contributed by atoms with Crippen LogP contribution in [0.2, 0.25) is 0 Å². The Balaban J connectivity index is 2.02. The molecule has 0 fully saturated rings. The molecule has 0 saturated heterocycles. The zero-order chi connectivity index (χ0) is 20.0. The van der Waals surface area contributed by atoms with Crippen LogP contribution in [0.4, 0.5) is 13.2 Å². The van der Waals surface area contributed by atoms with E-state index in [1.807, 2.05) is 32.0 Å². The van der Waals surface area contributed by atoms with Gasteiger partial charge >= 0.3 is 169 Å². The topological polar surface area (TPSA) is 9.23 Å². The summed E-state index contributed by atoms with van der Waals surface area (Å²) >= 11 is 3.95. The number of rotatable bonds is 1. The van der Waals surface area contributed by atoms with E-state index in [1.165, 1.54) is 0 Å². The Morgan fingerprint density at radius 2 is 1.29 bits per heavy atom. The summed E-state index contributed by atoms with van der Waals surface area (Å²) in [5, 5.41) is 0. The second-order valence-corrected chi connectivity index (χ2v) is 22.0. The molecule has 1 nitrogen and oxygen atoms in total. The maximum absolute atomic E-state index is 14.7. The van der Waals surface area contributed by atoms with Gasteiger partial charge in [-0.1, -0.05) is 0 Å². The average molecular weight is 509 g/mol. The molecule has 0 aliphatic carbocycles. The van der Waals surface area contributed by atoms with Crippen LogP contribution in [0.5, 0.6) is 0 Å². The summed E-state index contributed by atoms with van der Waals surface area (Å²) in [5.74, 6) is 0. The van der Waals surface area contributed by atoms with E-state index in [1.54, 1.807) is 48.5 Å². The van der Waals surface area contributed by atoms with Crippen LogP contribution in [0, 0.1) is 13.8 Å². The third kappa shape index (κ3) is 1.88. The predicted octanol–water partition coefficient (Wildman–Crippen LogP) is 4.27. The van der Waals surface area contributed by atoms with E-state index in [0.717, 1.165) is 15.5 Å². The maximum atomic E-state index is 14.7. The minimum absolute atomic E-state index is 0.211. The first-order chi connectivity index (χ1) is 13.1. The van der Waals surface area contributed by atoms with Gasteiger partial charge in [0.15, 0.2) is 0 Å². The predicted molar refractivity (Wildman–Crippen MR) is 110 cm³/mol. The van der Waals surface area contributed by atoms with Crippen molar-refractivity contribution < 1.29 is 16.9 Å². The Kier molecular flexibility index (Phi) is 3.51. The van der Waals surface area contributed by atoms with Crippen LogP contribution in [0.3, 0.4) is 0 Å². The molecular formula is C22H17AsBrF3O. The van der Waals surface area contributed by atoms with Crippen LogP contribution >= 0.6 is 13.9 Å². The van der Waals surface area contributed by atoms with E-state index in [9.17, 15) is 13.2 Å². The zero-order valence-electron chi connectivity index (χ0n) is 15.2. The summed E-state index contributed by atoms with van der Waals surface area (Å²) in [4.78, 5) is 0. The van der Waals surface area contributed by atoms with Crippen molar-refractivity contribution in [1.82, 2.24) is 0 Å². The van der Waals surface area contributed by atoms with E-state index in [4.69, 9.17) is 3.73 Å². The molecule has 0 spiro atoms. The number of aryl methyl sites for hydroxylation is 2. The van der Waals surface area contributed by atoms with E-state index < -0.39 is 22.7 Å². The summed E-state index contributed by atoms with van der Waals surface area (Å²) in [6.45, 7) is 3.92. The third-order valence-electron chi connectivity index (χ3n) is 5.80. The molecule has 6 heteroatoms. The van der Waals surface area contributed by atoms with Gasteiger partial charge in [-0.25, -0.2) is 0 Å². The average Bonchev–Trinajstić information content (AvgIpc) is 3.06. The molecule has 2 bridgehead atoms. The standard InChI is InChI=1S/C22H17AsBrF3O/c1-14-11-15(2)13-16(12-14)23(24)19-9-5-3-7-17(19)21(28-23,22(25,26)27)18-8-4-6-10-20(18)23/h3-13H,1-2H3. The number of benzene rings is 3. The van der Waals surface area contributed by atoms with Crippen molar-refractivity contribution >= 4 is 37.9 Å². The fraction of sp³-hybridized carbons (Fsp3) is 0.182. The van der Waals surface area contributed by atoms with Gasteiger partial charge in [0.1, 0.15) is 0 Å². The van der Waals surface area contributed by atoms with Crippen LogP contribution in [-0.4, -0.2) is 17.1 Å². The second kappa shape index (κ2) is 5.32. The first-order valence-corrected chi connectivity index (χ1v) is 16.9. The molecule has 0 saturated carbocycles. The normalized spacial score (nSPS) is 24.9. The molecule has 2 aliphatic rings. The summed E-state index contributed by atoms with van der Waals surface area (Å²) in [7, 11) is -4.65. The fourth-order valence-corrected chi connectivity index (χ4v) is 20.4. The summed E-state index contributed by atoms with van der Waals surface area (Å²) < 4.78 is 52.6. The van der Waals surface area contributed by atoms with Crippen molar-refractivity contribution in [2.75, 3.05) is 0 Å². The van der Waals surface area contributed by atoms with Crippen molar-refractivity contribution in [2.45, 2.75) is 25.6 Å². The number of hydrogen-bond acceptors (Lipinski definition) is 1. The van der Waals surface area contributed by atoms with Gasteiger partial charge in [0.2, 0.25) is 0 Å². The first-order valence-electron chi connectivity index (χ1n) is 8.93. The van der Waals surface area contributed by atoms with Crippen LogP contribution in [0.25, 0.3) is 0 Å². The van der Waals surface area contributed by atoms with Crippen molar-refractivity contribution in [3.8, 4) is 0 Å². The third-order valence-corrected chi connectivity index (χ3v) is 21.7. The second-order valence-electron chi connectivity index (χ2n) is 7.58.